The van der Waals surface area contributed by atoms with Gasteiger partial charge in [0.05, 0.1) is 18.4 Å². The number of carbonyl (C=O) groups excluding carboxylic acids is 1. The average Bonchev–Trinajstić information content (AvgIpc) is 2.70. The fourth-order valence-electron chi connectivity index (χ4n) is 2.46. The molecule has 0 fully saturated rings. The second-order valence-electron chi connectivity index (χ2n) is 5.95. The van der Waals surface area contributed by atoms with Gasteiger partial charge in [-0.2, -0.15) is 13.2 Å². The van der Waals surface area contributed by atoms with Crippen molar-refractivity contribution in [1.82, 2.24) is 0 Å². The van der Waals surface area contributed by atoms with Gasteiger partial charge >= 0.3 is 6.18 Å². The number of nitrogens with one attached hydrogen (secondary N) is 1. The average molecular weight is 405 g/mol. The summed E-state index contributed by atoms with van der Waals surface area (Å²) in [5.74, 6) is -0.410. The Balaban J connectivity index is 1.92. The van der Waals surface area contributed by atoms with Crippen LogP contribution in [0.5, 0.6) is 17.2 Å². The van der Waals surface area contributed by atoms with E-state index in [2.05, 4.69) is 5.32 Å². The third-order valence-corrected chi connectivity index (χ3v) is 3.95. The van der Waals surface area contributed by atoms with Gasteiger partial charge in [0.1, 0.15) is 17.3 Å². The summed E-state index contributed by atoms with van der Waals surface area (Å²) in [6, 6.07) is 13.7. The summed E-state index contributed by atoms with van der Waals surface area (Å²) in [6.07, 6.45) is -4.60. The fraction of sp³-hybridized carbons (Fsp3) is 0.0952. The number of anilines is 1. The monoisotopic (exact) mass is 405 g/mol. The van der Waals surface area contributed by atoms with E-state index in [1.165, 1.54) is 31.4 Å². The predicted molar refractivity (Wildman–Crippen MR) is 98.9 cm³/mol. The number of hydrogen-bond donors (Lipinski definition) is 1. The van der Waals surface area contributed by atoms with Crippen LogP contribution in [0.1, 0.15) is 15.9 Å². The van der Waals surface area contributed by atoms with Crippen LogP contribution in [0.3, 0.4) is 0 Å². The van der Waals surface area contributed by atoms with Gasteiger partial charge in [-0.1, -0.05) is 0 Å². The van der Waals surface area contributed by atoms with E-state index in [4.69, 9.17) is 9.47 Å². The molecule has 0 saturated carbocycles. The van der Waals surface area contributed by atoms with Crippen molar-refractivity contribution < 1.29 is 31.8 Å². The van der Waals surface area contributed by atoms with Crippen LogP contribution in [0.25, 0.3) is 0 Å². The molecule has 0 spiro atoms. The van der Waals surface area contributed by atoms with Gasteiger partial charge in [0.15, 0.2) is 5.75 Å². The largest absolute Gasteiger partial charge is 0.497 e. The Bertz CT molecular complexity index is 1000. The number of benzene rings is 3. The molecule has 0 atom stereocenters. The molecular formula is C21H15F4NO3. The van der Waals surface area contributed by atoms with E-state index in [1.54, 1.807) is 12.1 Å². The molecule has 0 aromatic heterocycles. The van der Waals surface area contributed by atoms with E-state index in [0.717, 1.165) is 30.3 Å². The van der Waals surface area contributed by atoms with Gasteiger partial charge in [0, 0.05) is 5.56 Å². The number of amides is 1. The van der Waals surface area contributed by atoms with Gasteiger partial charge in [-0.05, 0) is 66.7 Å². The quantitative estimate of drug-likeness (QED) is 0.538. The fourth-order valence-corrected chi connectivity index (χ4v) is 2.46. The summed E-state index contributed by atoms with van der Waals surface area (Å²) < 4.78 is 62.9. The minimum atomic E-state index is -4.60. The topological polar surface area (TPSA) is 47.6 Å². The highest BCUT2D eigenvalue weighted by atomic mass is 19.4. The maximum absolute atomic E-state index is 13.1. The third-order valence-electron chi connectivity index (χ3n) is 3.95. The molecule has 150 valence electrons. The maximum atomic E-state index is 13.1. The molecule has 0 aliphatic carbocycles. The Morgan fingerprint density at radius 1 is 0.897 bits per heavy atom. The summed E-state index contributed by atoms with van der Waals surface area (Å²) in [4.78, 5) is 12.5. The van der Waals surface area contributed by atoms with Crippen LogP contribution in [0, 0.1) is 5.82 Å². The number of methoxy groups -OCH3 is 1. The second-order valence-corrected chi connectivity index (χ2v) is 5.95. The molecule has 0 saturated heterocycles. The molecule has 0 heterocycles. The normalized spacial score (nSPS) is 11.1. The Kier molecular flexibility index (Phi) is 5.72. The molecule has 1 N–H and O–H groups in total. The first-order chi connectivity index (χ1) is 13.8. The van der Waals surface area contributed by atoms with Crippen LogP contribution in [-0.4, -0.2) is 13.0 Å². The van der Waals surface area contributed by atoms with Gasteiger partial charge < -0.3 is 14.8 Å². The van der Waals surface area contributed by atoms with Crippen molar-refractivity contribution in [2.45, 2.75) is 6.18 Å². The van der Waals surface area contributed by atoms with Crippen LogP contribution in [0.2, 0.25) is 0 Å². The van der Waals surface area contributed by atoms with E-state index in [-0.39, 0.29) is 22.7 Å². The van der Waals surface area contributed by atoms with Gasteiger partial charge in [-0.3, -0.25) is 4.79 Å². The van der Waals surface area contributed by atoms with Gasteiger partial charge in [0.2, 0.25) is 0 Å². The zero-order valence-electron chi connectivity index (χ0n) is 15.1. The molecule has 0 aliphatic rings. The molecule has 1 amide bonds. The molecule has 0 aliphatic heterocycles. The Morgan fingerprint density at radius 3 is 2.10 bits per heavy atom. The summed E-state index contributed by atoms with van der Waals surface area (Å²) >= 11 is 0. The van der Waals surface area contributed by atoms with Crippen molar-refractivity contribution in [1.29, 1.82) is 0 Å². The van der Waals surface area contributed by atoms with Crippen LogP contribution in [-0.2, 0) is 6.18 Å². The standard InChI is InChI=1S/C21H15F4NO3/c1-28-16-7-2-13(3-8-16)20(27)26-18-12-14(21(23,24)25)4-11-19(18)29-17-9-5-15(22)6-10-17/h2-12H,1H3,(H,26,27). The molecule has 0 radical (unpaired) electrons. The summed E-state index contributed by atoms with van der Waals surface area (Å²) in [5, 5.41) is 2.43. The molecule has 4 nitrogen and oxygen atoms in total. The lowest BCUT2D eigenvalue weighted by Crippen LogP contribution is -2.14. The second kappa shape index (κ2) is 8.22. The molecule has 0 bridgehead atoms. The minimum Gasteiger partial charge on any atom is -0.497 e. The zero-order chi connectivity index (χ0) is 21.0. The van der Waals surface area contributed by atoms with Crippen molar-refractivity contribution >= 4 is 11.6 Å². The highest BCUT2D eigenvalue weighted by Gasteiger charge is 2.31. The number of hydrogen-bond acceptors (Lipinski definition) is 3. The summed E-state index contributed by atoms with van der Waals surface area (Å²) in [6.45, 7) is 0. The van der Waals surface area contributed by atoms with Crippen LogP contribution >= 0.6 is 0 Å². The van der Waals surface area contributed by atoms with Crippen molar-refractivity contribution in [3.05, 3.63) is 83.7 Å². The smallest absolute Gasteiger partial charge is 0.416 e. The van der Waals surface area contributed by atoms with Gasteiger partial charge in [0.25, 0.3) is 5.91 Å². The van der Waals surface area contributed by atoms with Crippen molar-refractivity contribution in [3.8, 4) is 17.2 Å². The van der Waals surface area contributed by atoms with E-state index < -0.39 is 23.5 Å². The maximum Gasteiger partial charge on any atom is 0.416 e. The number of ether oxygens (including phenoxy) is 2. The highest BCUT2D eigenvalue weighted by molar-refractivity contribution is 6.05. The first-order valence-electron chi connectivity index (χ1n) is 8.36. The van der Waals surface area contributed by atoms with Gasteiger partial charge in [-0.15, -0.1) is 0 Å². The number of rotatable bonds is 5. The minimum absolute atomic E-state index is 0.0218. The predicted octanol–water partition coefficient (Wildman–Crippen LogP) is 5.90. The lowest BCUT2D eigenvalue weighted by molar-refractivity contribution is -0.137. The number of carbonyl (C=O) groups is 1. The van der Waals surface area contributed by atoms with E-state index in [0.29, 0.717) is 5.75 Å². The Labute approximate surface area is 163 Å². The molecule has 3 aromatic carbocycles. The van der Waals surface area contributed by atoms with E-state index in [1.807, 2.05) is 0 Å². The first kappa shape index (κ1) is 20.2. The van der Waals surface area contributed by atoms with Crippen LogP contribution < -0.4 is 14.8 Å². The zero-order valence-corrected chi connectivity index (χ0v) is 15.1. The number of alkyl halides is 3. The molecule has 29 heavy (non-hydrogen) atoms. The summed E-state index contributed by atoms with van der Waals surface area (Å²) in [5.41, 5.74) is -0.908. The molecular weight excluding hydrogens is 390 g/mol. The molecule has 3 rings (SSSR count). The van der Waals surface area contributed by atoms with Crippen molar-refractivity contribution in [2.24, 2.45) is 0 Å². The molecule has 3 aromatic rings. The Hall–Kier alpha value is -3.55. The number of halogens is 4. The molecule has 0 unspecified atom stereocenters. The molecule has 8 heteroatoms. The summed E-state index contributed by atoms with van der Waals surface area (Å²) in [7, 11) is 1.47. The van der Waals surface area contributed by atoms with Gasteiger partial charge in [-0.25, -0.2) is 4.39 Å². The van der Waals surface area contributed by atoms with Crippen LogP contribution in [0.15, 0.2) is 66.7 Å². The van der Waals surface area contributed by atoms with E-state index >= 15 is 0 Å². The lowest BCUT2D eigenvalue weighted by Gasteiger charge is -2.15. The third kappa shape index (κ3) is 5.04. The first-order valence-corrected chi connectivity index (χ1v) is 8.36. The highest BCUT2D eigenvalue weighted by Crippen LogP contribution is 2.37. The lowest BCUT2D eigenvalue weighted by atomic mass is 10.1. The Morgan fingerprint density at radius 2 is 1.52 bits per heavy atom. The van der Waals surface area contributed by atoms with Crippen molar-refractivity contribution in [3.63, 3.8) is 0 Å². The van der Waals surface area contributed by atoms with Crippen LogP contribution in [0.4, 0.5) is 23.2 Å². The van der Waals surface area contributed by atoms with E-state index in [9.17, 15) is 22.4 Å². The van der Waals surface area contributed by atoms with Crippen molar-refractivity contribution in [2.75, 3.05) is 12.4 Å². The SMILES string of the molecule is COc1ccc(C(=O)Nc2cc(C(F)(F)F)ccc2Oc2ccc(F)cc2)cc1.